The van der Waals surface area contributed by atoms with E-state index in [9.17, 15) is 76.1 Å². The molecule has 3 saturated carbocycles. The van der Waals surface area contributed by atoms with Crippen molar-refractivity contribution in [3.63, 3.8) is 0 Å². The first kappa shape index (κ1) is 72.1. The number of methoxy groups -OCH3 is 1. The predicted octanol–water partition coefficient (Wildman–Crippen LogP) is -7.33. The number of carbonyl (C=O) groups is 3. The van der Waals surface area contributed by atoms with Crippen molar-refractivity contribution in [3.8, 4) is 0 Å². The maximum atomic E-state index is 14.4. The molecule has 9 aliphatic rings. The largest absolute Gasteiger partial charge is 1.00 e. The summed E-state index contributed by atoms with van der Waals surface area (Å²) in [4.78, 5) is 42.0. The zero-order valence-corrected chi connectivity index (χ0v) is 55.3. The Hall–Kier alpha value is -0.350. The molecule has 32 heteroatoms. The number of Topliss-reactive ketones (excluding diaryl/α,β-unsaturated/α-hetero) is 2. The third-order valence-corrected chi connectivity index (χ3v) is 20.8. The second-order valence-electron chi connectivity index (χ2n) is 25.8. The minimum absolute atomic E-state index is 0. The number of carbonyl (C=O) groups excluding carboxylic acids is 3. The summed E-state index contributed by atoms with van der Waals surface area (Å²) < 4.78 is 140. The summed E-state index contributed by atoms with van der Waals surface area (Å²) in [7, 11) is -10.1. The molecule has 8 fully saturated rings. The second kappa shape index (κ2) is 26.6. The molecule has 1 spiro atoms. The Labute approximate surface area is 538 Å². The van der Waals surface area contributed by atoms with E-state index in [1.807, 2.05) is 34.6 Å². The molecule has 5 aliphatic heterocycles. The van der Waals surface area contributed by atoms with Gasteiger partial charge in [-0.15, -0.1) is 0 Å². The van der Waals surface area contributed by atoms with Gasteiger partial charge in [0.2, 0.25) is 20.8 Å². The van der Waals surface area contributed by atoms with E-state index in [0.717, 1.165) is 12.7 Å². The van der Waals surface area contributed by atoms with E-state index < -0.39 is 196 Å². The number of fused-ring (bicyclic) bond motifs is 4. The van der Waals surface area contributed by atoms with Crippen molar-refractivity contribution in [2.75, 3.05) is 26.9 Å². The third kappa shape index (κ3) is 13.3. The number of hydrogen-bond acceptors (Lipinski definition) is 28. The molecule has 0 aromatic carbocycles. The van der Waals surface area contributed by atoms with Gasteiger partial charge >= 0.3 is 65.1 Å². The topological polar surface area (TPSA) is 418 Å². The number of esters is 1. The minimum Gasteiger partial charge on any atom is -0.726 e. The maximum absolute atomic E-state index is 14.4. The number of cyclic esters (lactones) is 1. The van der Waals surface area contributed by atoms with E-state index in [4.69, 9.17) is 51.6 Å². The van der Waals surface area contributed by atoms with Gasteiger partial charge in [-0.1, -0.05) is 53.2 Å². The van der Waals surface area contributed by atoms with E-state index >= 15 is 0 Å². The summed E-state index contributed by atoms with van der Waals surface area (Å²) in [5.74, 6) is -1.47. The van der Waals surface area contributed by atoms with Crippen LogP contribution in [0.4, 0.5) is 0 Å². The zero-order chi connectivity index (χ0) is 61.1. The van der Waals surface area contributed by atoms with Gasteiger partial charge in [0.05, 0.1) is 43.4 Å². The van der Waals surface area contributed by atoms with Gasteiger partial charge in [-0.25, -0.2) is 16.8 Å². The summed E-state index contributed by atoms with van der Waals surface area (Å²) >= 11 is 0. The quantitative estimate of drug-likeness (QED) is 0.0220. The van der Waals surface area contributed by atoms with Crippen LogP contribution < -0.4 is 59.1 Å². The predicted molar refractivity (Wildman–Crippen MR) is 272 cm³/mol. The summed E-state index contributed by atoms with van der Waals surface area (Å²) in [5.41, 5.74) is -3.38. The van der Waals surface area contributed by atoms with Crippen LogP contribution >= 0.6 is 0 Å². The molecule has 474 valence electrons. The Morgan fingerprint density at radius 1 is 0.741 bits per heavy atom. The maximum Gasteiger partial charge on any atom is 1.00 e. The van der Waals surface area contributed by atoms with Crippen LogP contribution in [0.25, 0.3) is 0 Å². The van der Waals surface area contributed by atoms with E-state index in [-0.39, 0.29) is 101 Å². The summed E-state index contributed by atoms with van der Waals surface area (Å²) in [6.45, 7) is 12.9. The molecule has 0 aromatic rings. The molecule has 0 radical (unpaired) electrons. The monoisotopic (exact) mass is 1270 g/mol. The van der Waals surface area contributed by atoms with E-state index in [1.165, 1.54) is 6.92 Å². The summed E-state index contributed by atoms with van der Waals surface area (Å²) in [6.07, 6.45) is -28.6. The smallest absolute Gasteiger partial charge is 0.726 e. The molecule has 9 rings (SSSR count). The molecule has 0 amide bonds. The fourth-order valence-corrected chi connectivity index (χ4v) is 17.1. The van der Waals surface area contributed by atoms with Gasteiger partial charge in [-0.3, -0.25) is 22.7 Å². The van der Waals surface area contributed by atoms with Gasteiger partial charge in [0.25, 0.3) is 0 Å². The third-order valence-electron chi connectivity index (χ3n) is 19.8. The van der Waals surface area contributed by atoms with E-state index in [2.05, 4.69) is 17.2 Å². The number of ketones is 2. The van der Waals surface area contributed by atoms with Gasteiger partial charge in [0, 0.05) is 31.8 Å². The normalized spacial score (nSPS) is 47.0. The molecular weight excluding hydrogens is 1190 g/mol. The van der Waals surface area contributed by atoms with Crippen LogP contribution in [0.3, 0.4) is 0 Å². The first-order chi connectivity index (χ1) is 38.5. The van der Waals surface area contributed by atoms with Gasteiger partial charge in [0.1, 0.15) is 90.4 Å². The molecule has 26 atom stereocenters. The summed E-state index contributed by atoms with van der Waals surface area (Å²) in [5, 5.41) is 77.3. The molecule has 28 nitrogen and oxygen atoms in total. The molecule has 0 bridgehead atoms. The number of rotatable bonds is 18. The number of aliphatic hydroxyl groups is 7. The molecular formula is C53H80Na2O28S2. The second-order valence-corrected chi connectivity index (χ2v) is 27.8. The number of ether oxygens (including phenoxy) is 10. The molecule has 4 aliphatic carbocycles. The van der Waals surface area contributed by atoms with Crippen LogP contribution in [0.15, 0.2) is 11.6 Å². The Bertz CT molecular complexity index is 2690. The van der Waals surface area contributed by atoms with Gasteiger partial charge in [-0.2, -0.15) is 0 Å². The fourth-order valence-electron chi connectivity index (χ4n) is 16.1. The molecule has 5 saturated heterocycles. The minimum atomic E-state index is -5.71. The number of hydrogen-bond donors (Lipinski definition) is 7. The van der Waals surface area contributed by atoms with Crippen molar-refractivity contribution >= 4 is 38.3 Å². The van der Waals surface area contributed by atoms with Crippen molar-refractivity contribution in [3.05, 3.63) is 11.6 Å². The average molecular weight is 1280 g/mol. The van der Waals surface area contributed by atoms with Crippen LogP contribution in [0.2, 0.25) is 0 Å². The van der Waals surface area contributed by atoms with Crippen molar-refractivity contribution in [2.24, 2.45) is 45.3 Å². The van der Waals surface area contributed by atoms with Crippen LogP contribution in [0, 0.1) is 45.3 Å². The van der Waals surface area contributed by atoms with Gasteiger partial charge in [-0.05, 0) is 74.5 Å². The SMILES string of the molecule is CO[C@@H]1[C@@H](O)[C@H](O[C@@H]2[C@@H](OS(=O)(=O)[O-])[C@H](O[C@H]3[C@H](O)[C@@H](O)[C@H](O[C@H]4[C@H](O[C@H]5CC[C@]6(C)[C@H]7CC[C@]89C(=O)O[C@@](C)(CC(=O)CC(C)C)[C@H]8C(=O)C[C@@]9(C)C7=CC[C@H]6C5(C)C)OC[C@@H](OS(=O)(=O)[O-])[C@@H]4O)O[C@@H]3C)OC[C@H]2O)O[C@H](CO)[C@H]1O.[Na+].[Na+]. The first-order valence-electron chi connectivity index (χ1n) is 28.2. The van der Waals surface area contributed by atoms with Crippen LogP contribution in [0.1, 0.15) is 107 Å². The van der Waals surface area contributed by atoms with Crippen molar-refractivity contribution in [2.45, 2.75) is 229 Å². The van der Waals surface area contributed by atoms with Crippen LogP contribution in [0.5, 0.6) is 0 Å². The number of aliphatic hydroxyl groups excluding tert-OH is 7. The first-order valence-corrected chi connectivity index (χ1v) is 30.9. The van der Waals surface area contributed by atoms with Crippen LogP contribution in [-0.4, -0.2) is 228 Å². The standard InChI is InChI=1S/C53H82O28S2.2Na/c1-22(2)16-24(55)17-52(8)43-27(56)18-51(7)26-10-11-31-49(4,5)32(13-14-50(31,6)25(26)12-15-53(43,51)48(63)79-52)75-46-41(34(59)30(21-72-46)80-82(64,65)66)78-44-36(61)35(60)38(23(3)73-44)76-47-42(81-83(67,68)69)39(28(57)20-71-47)77-45-37(62)40(70-9)33(58)29(19-54)74-45;;/h10,22-23,25,28-47,54,57-62H,11-21H2,1-9H3,(H,64,65,66)(H,67,68,69);;/q;2*+1/p-2/t23-,25+,28-,29-,30-,31+,32+,33-,34+,35-,36-,37-,38-,39+,40+,41-,42-,43-,44+,45+,46+,47+,50-,51+,52+,53-;;/m1../s1. The Morgan fingerprint density at radius 2 is 1.35 bits per heavy atom. The van der Waals surface area contributed by atoms with E-state index in [1.54, 1.807) is 6.92 Å². The Balaban J connectivity index is 0.00000518. The van der Waals surface area contributed by atoms with Crippen molar-refractivity contribution < 1.29 is 191 Å². The summed E-state index contributed by atoms with van der Waals surface area (Å²) in [6, 6.07) is 0. The fraction of sp³-hybridized carbons (Fsp3) is 0.906. The Kier molecular flexibility index (Phi) is 22.5. The molecule has 5 heterocycles. The zero-order valence-electron chi connectivity index (χ0n) is 49.7. The molecule has 85 heavy (non-hydrogen) atoms. The molecule has 7 N–H and O–H groups in total. The van der Waals surface area contributed by atoms with Crippen LogP contribution in [-0.2, 0) is 90.9 Å². The van der Waals surface area contributed by atoms with Crippen molar-refractivity contribution in [1.29, 1.82) is 0 Å². The molecule has 0 unspecified atom stereocenters. The van der Waals surface area contributed by atoms with Crippen molar-refractivity contribution in [1.82, 2.24) is 0 Å². The Morgan fingerprint density at radius 3 is 1.98 bits per heavy atom. The average Bonchev–Trinajstić information content (AvgIpc) is 1.55. The van der Waals surface area contributed by atoms with E-state index in [0.29, 0.717) is 38.5 Å². The molecule has 0 aromatic heterocycles. The van der Waals surface area contributed by atoms with Gasteiger partial charge in [0.15, 0.2) is 31.3 Å². The van der Waals surface area contributed by atoms with Gasteiger partial charge < -0.3 is 92.2 Å². The number of allylic oxidation sites excluding steroid dienone is 2.